The Morgan fingerprint density at radius 1 is 1.17 bits per heavy atom. The fourth-order valence-electron chi connectivity index (χ4n) is 6.37. The number of anilines is 1. The van der Waals surface area contributed by atoms with Gasteiger partial charge < -0.3 is 30.5 Å². The molecule has 2 fully saturated rings. The predicted octanol–water partition coefficient (Wildman–Crippen LogP) is 6.10. The average Bonchev–Trinajstić information content (AvgIpc) is 3.38. The molecule has 4 N–H and O–H groups in total. The van der Waals surface area contributed by atoms with E-state index in [9.17, 15) is 23.1 Å². The highest BCUT2D eigenvalue weighted by Crippen LogP contribution is 2.52. The van der Waals surface area contributed by atoms with Crippen LogP contribution in [0.15, 0.2) is 46.8 Å². The van der Waals surface area contributed by atoms with Gasteiger partial charge in [0.25, 0.3) is 11.7 Å². The number of allylic oxidation sites excluding steroid dienone is 2. The van der Waals surface area contributed by atoms with Crippen LogP contribution in [0.5, 0.6) is 11.5 Å². The molecule has 4 heterocycles. The van der Waals surface area contributed by atoms with Crippen molar-refractivity contribution in [1.29, 1.82) is 0 Å². The molecule has 3 aliphatic heterocycles. The average molecular weight is 662 g/mol. The van der Waals surface area contributed by atoms with Crippen LogP contribution in [0.1, 0.15) is 61.9 Å². The van der Waals surface area contributed by atoms with Crippen molar-refractivity contribution in [2.75, 3.05) is 44.2 Å². The number of alkyl halides is 3. The Balaban J connectivity index is 1.45. The topological polar surface area (TPSA) is 113 Å². The van der Waals surface area contributed by atoms with Gasteiger partial charge in [-0.05, 0) is 83.3 Å². The van der Waals surface area contributed by atoms with Crippen molar-refractivity contribution in [3.8, 4) is 22.6 Å². The number of carbonyl (C=O) groups is 1. The maximum Gasteiger partial charge on any atom is 0.401 e. The maximum absolute atomic E-state index is 13.5. The Labute approximate surface area is 273 Å². The quantitative estimate of drug-likeness (QED) is 0.153. The van der Waals surface area contributed by atoms with E-state index in [0.29, 0.717) is 46.7 Å². The molecule has 1 aromatic carbocycles. The monoisotopic (exact) mass is 661 g/mol. The lowest BCUT2D eigenvalue weighted by Crippen LogP contribution is -2.49. The minimum atomic E-state index is -4.25. The molecule has 2 saturated heterocycles. The Kier molecular flexibility index (Phi) is 10.0. The van der Waals surface area contributed by atoms with Crippen LogP contribution in [-0.2, 0) is 0 Å². The number of nitrogens with two attached hydrogens (primary N) is 1. The zero-order valence-electron chi connectivity index (χ0n) is 26.4. The number of rotatable bonds is 8. The Hall–Kier alpha value is -3.58. The van der Waals surface area contributed by atoms with Crippen LogP contribution >= 0.6 is 12.6 Å². The zero-order chi connectivity index (χ0) is 33.2. The Morgan fingerprint density at radius 2 is 1.85 bits per heavy atom. The number of hydrogen-bond acceptors (Lipinski definition) is 9. The van der Waals surface area contributed by atoms with E-state index in [-0.39, 0.29) is 36.2 Å². The van der Waals surface area contributed by atoms with Crippen LogP contribution in [-0.4, -0.2) is 72.1 Å². The molecule has 1 aromatic heterocycles. The molecule has 1 unspecified atom stereocenters. The Bertz CT molecular complexity index is 1500. The van der Waals surface area contributed by atoms with Crippen molar-refractivity contribution in [1.82, 2.24) is 15.2 Å². The van der Waals surface area contributed by atoms with E-state index >= 15 is 0 Å². The van der Waals surface area contributed by atoms with Crippen molar-refractivity contribution in [2.24, 2.45) is 11.7 Å². The molecule has 0 aliphatic carbocycles. The summed E-state index contributed by atoms with van der Waals surface area (Å²) in [4.78, 5) is 22.2. The second kappa shape index (κ2) is 13.6. The van der Waals surface area contributed by atoms with Gasteiger partial charge >= 0.3 is 6.18 Å². The van der Waals surface area contributed by atoms with Gasteiger partial charge in [0.2, 0.25) is 0 Å². The number of carbonyl (C=O) groups excluding carboxylic acids is 1. The first-order valence-electron chi connectivity index (χ1n) is 15.6. The van der Waals surface area contributed by atoms with Crippen molar-refractivity contribution in [3.05, 3.63) is 58.0 Å². The van der Waals surface area contributed by atoms with E-state index in [4.69, 9.17) is 20.2 Å². The molecular formula is C33H42F3N5O4S. The molecule has 5 rings (SSSR count). The molecule has 250 valence electrons. The van der Waals surface area contributed by atoms with E-state index in [2.05, 4.69) is 22.8 Å². The summed E-state index contributed by atoms with van der Waals surface area (Å²) in [5.41, 5.74) is 8.33. The predicted molar refractivity (Wildman–Crippen MR) is 174 cm³/mol. The number of piperidine rings is 2. The number of nitrogens with zero attached hydrogens (tertiary/aromatic N) is 3. The third-order valence-corrected chi connectivity index (χ3v) is 9.27. The second-order valence-corrected chi connectivity index (χ2v) is 13.0. The first-order chi connectivity index (χ1) is 21.7. The minimum absolute atomic E-state index is 0.151. The number of nitrogens with one attached hydrogen (secondary N) is 1. The van der Waals surface area contributed by atoms with Gasteiger partial charge in [-0.25, -0.2) is 4.98 Å². The van der Waals surface area contributed by atoms with Gasteiger partial charge in [0, 0.05) is 65.0 Å². The van der Waals surface area contributed by atoms with E-state index < -0.39 is 24.4 Å². The lowest BCUT2D eigenvalue weighted by atomic mass is 9.89. The number of pyridine rings is 1. The molecule has 13 heteroatoms. The van der Waals surface area contributed by atoms with E-state index in [1.165, 1.54) is 17.4 Å². The van der Waals surface area contributed by atoms with E-state index in [0.717, 1.165) is 37.3 Å². The molecule has 1 amide bonds. The summed E-state index contributed by atoms with van der Waals surface area (Å²) in [7, 11) is 0. The number of halogens is 3. The number of ether oxygens (including phenoxy) is 2. The SMILES string of the molecule is C/C(N)=C/C(S)=C(\O)CNC(=O)c1cc(-c2ccc(N3CCCCC3)nc2)c2c(c1C)OC(C)(C1CCN(CC(F)(F)F)CC1)O2. The van der Waals surface area contributed by atoms with Crippen LogP contribution in [0.2, 0.25) is 0 Å². The van der Waals surface area contributed by atoms with Gasteiger partial charge in [-0.1, -0.05) is 0 Å². The molecule has 9 nitrogen and oxygen atoms in total. The summed E-state index contributed by atoms with van der Waals surface area (Å²) in [6, 6.07) is 5.64. The minimum Gasteiger partial charge on any atom is -0.509 e. The lowest BCUT2D eigenvalue weighted by Gasteiger charge is -2.39. The first kappa shape index (κ1) is 33.8. The Morgan fingerprint density at radius 3 is 2.46 bits per heavy atom. The molecular weight excluding hydrogens is 619 g/mol. The van der Waals surface area contributed by atoms with Gasteiger partial charge in [0.1, 0.15) is 11.6 Å². The summed E-state index contributed by atoms with van der Waals surface area (Å²) < 4.78 is 52.1. The summed E-state index contributed by atoms with van der Waals surface area (Å²) in [6.45, 7) is 6.55. The third kappa shape index (κ3) is 7.68. The second-order valence-electron chi connectivity index (χ2n) is 12.5. The zero-order valence-corrected chi connectivity index (χ0v) is 27.3. The summed E-state index contributed by atoms with van der Waals surface area (Å²) in [5.74, 6) is -0.172. The fraction of sp³-hybridized carbons (Fsp3) is 0.515. The molecule has 3 aliphatic rings. The number of thiol groups is 1. The van der Waals surface area contributed by atoms with Crippen molar-refractivity contribution >= 4 is 24.4 Å². The largest absolute Gasteiger partial charge is 0.509 e. The molecule has 1 atom stereocenters. The van der Waals surface area contributed by atoms with E-state index in [1.807, 2.05) is 19.1 Å². The van der Waals surface area contributed by atoms with Crippen LogP contribution in [0, 0.1) is 12.8 Å². The number of aliphatic hydroxyl groups excluding tert-OH is 1. The van der Waals surface area contributed by atoms with Crippen LogP contribution in [0.3, 0.4) is 0 Å². The molecule has 0 saturated carbocycles. The van der Waals surface area contributed by atoms with Crippen molar-refractivity contribution in [2.45, 2.75) is 64.8 Å². The molecule has 0 bridgehead atoms. The highest BCUT2D eigenvalue weighted by Gasteiger charge is 2.48. The van der Waals surface area contributed by atoms with Crippen LogP contribution in [0.4, 0.5) is 19.0 Å². The molecule has 2 aromatic rings. The number of hydrogen-bond donors (Lipinski definition) is 4. The fourth-order valence-corrected chi connectivity index (χ4v) is 6.66. The maximum atomic E-state index is 13.5. The first-order valence-corrected chi connectivity index (χ1v) is 16.1. The number of fused-ring (bicyclic) bond motifs is 1. The number of amides is 1. The van der Waals surface area contributed by atoms with Crippen LogP contribution in [0.25, 0.3) is 11.1 Å². The third-order valence-electron chi connectivity index (χ3n) is 8.89. The number of aromatic nitrogens is 1. The van der Waals surface area contributed by atoms with Crippen molar-refractivity contribution in [3.63, 3.8) is 0 Å². The molecule has 0 spiro atoms. The molecule has 0 radical (unpaired) electrons. The smallest absolute Gasteiger partial charge is 0.401 e. The van der Waals surface area contributed by atoms with Gasteiger partial charge in [-0.2, -0.15) is 13.2 Å². The number of likely N-dealkylation sites (tertiary alicyclic amines) is 1. The van der Waals surface area contributed by atoms with Gasteiger partial charge in [0.15, 0.2) is 11.5 Å². The highest BCUT2D eigenvalue weighted by atomic mass is 32.1. The normalized spacial score (nSPS) is 21.7. The summed E-state index contributed by atoms with van der Waals surface area (Å²) in [5, 5.41) is 13.2. The lowest BCUT2D eigenvalue weighted by molar-refractivity contribution is -0.159. The van der Waals surface area contributed by atoms with Gasteiger partial charge in [0.05, 0.1) is 13.1 Å². The van der Waals surface area contributed by atoms with Crippen molar-refractivity contribution < 1.29 is 32.5 Å². The van der Waals surface area contributed by atoms with Crippen LogP contribution < -0.4 is 25.4 Å². The summed E-state index contributed by atoms with van der Waals surface area (Å²) in [6.07, 6.45) is 3.36. The summed E-state index contributed by atoms with van der Waals surface area (Å²) >= 11 is 4.25. The number of benzene rings is 1. The standard InChI is InChI=1S/C33H42F3N5O4S/c1-20(37)15-27(46)26(42)18-39-31(43)24-16-25(22-7-8-28(38-17-22)41-11-5-4-6-12-41)30-29(21(24)2)44-32(3,45-30)23-9-13-40(14-10-23)19-33(34,35)36/h7-8,15-17,23,42,46H,4-6,9-14,18-19,37H2,1-3H3,(H,39,43)/b20-15-,27-26+. The number of aliphatic hydroxyl groups is 1. The van der Waals surface area contributed by atoms with E-state index in [1.54, 1.807) is 26.1 Å². The van der Waals surface area contributed by atoms with Gasteiger partial charge in [-0.3, -0.25) is 9.69 Å². The molecule has 46 heavy (non-hydrogen) atoms. The highest BCUT2D eigenvalue weighted by molar-refractivity contribution is 7.84. The van der Waals surface area contributed by atoms with Gasteiger partial charge in [-0.15, -0.1) is 12.6 Å².